The minimum atomic E-state index is -0.0347. The van der Waals surface area contributed by atoms with Crippen LogP contribution in [0.15, 0.2) is 24.3 Å². The molecule has 1 aromatic rings. The Balaban J connectivity index is 0.00000242. The molecule has 1 saturated carbocycles. The second-order valence-corrected chi connectivity index (χ2v) is 5.43. The van der Waals surface area contributed by atoms with Gasteiger partial charge in [-0.2, -0.15) is 0 Å². The average molecular weight is 326 g/mol. The molecule has 2 amide bonds. The normalized spacial score (nSPS) is 14.2. The number of nitrogens with one attached hydrogen (secondary N) is 3. The van der Waals surface area contributed by atoms with E-state index in [-0.39, 0.29) is 24.2 Å². The molecule has 0 aromatic heterocycles. The van der Waals surface area contributed by atoms with Gasteiger partial charge in [-0.05, 0) is 44.2 Å². The fourth-order valence-electron chi connectivity index (χ4n) is 2.51. The first-order valence-corrected chi connectivity index (χ1v) is 7.54. The van der Waals surface area contributed by atoms with E-state index in [0.29, 0.717) is 30.3 Å². The number of hydrogen-bond donors (Lipinski definition) is 3. The molecule has 2 rings (SSSR count). The highest BCUT2D eigenvalue weighted by atomic mass is 35.5. The highest BCUT2D eigenvalue weighted by Crippen LogP contribution is 2.18. The lowest BCUT2D eigenvalue weighted by Crippen LogP contribution is -2.32. The Morgan fingerprint density at radius 3 is 2.36 bits per heavy atom. The van der Waals surface area contributed by atoms with Gasteiger partial charge in [-0.3, -0.25) is 9.59 Å². The summed E-state index contributed by atoms with van der Waals surface area (Å²) in [6.07, 6.45) is 4.97. The summed E-state index contributed by atoms with van der Waals surface area (Å²) < 4.78 is 0. The summed E-state index contributed by atoms with van der Waals surface area (Å²) in [6, 6.07) is 7.34. The van der Waals surface area contributed by atoms with Crippen molar-refractivity contribution < 1.29 is 9.59 Å². The van der Waals surface area contributed by atoms with Crippen molar-refractivity contribution in [1.82, 2.24) is 10.6 Å². The number of carbonyl (C=O) groups excluding carboxylic acids is 2. The van der Waals surface area contributed by atoms with Crippen molar-refractivity contribution >= 4 is 29.9 Å². The largest absolute Gasteiger partial charge is 0.349 e. The lowest BCUT2D eigenvalue weighted by molar-refractivity contribution is -0.116. The van der Waals surface area contributed by atoms with Crippen LogP contribution < -0.4 is 16.0 Å². The van der Waals surface area contributed by atoms with E-state index < -0.39 is 0 Å². The first-order chi connectivity index (χ1) is 10.2. The Bertz CT molecular complexity index is 485. The fourth-order valence-corrected chi connectivity index (χ4v) is 2.51. The molecule has 0 atom stereocenters. The maximum atomic E-state index is 12.1. The van der Waals surface area contributed by atoms with Crippen molar-refractivity contribution in [1.29, 1.82) is 0 Å². The number of halogens is 1. The molecule has 0 heterocycles. The molecule has 0 aliphatic heterocycles. The molecule has 122 valence electrons. The maximum absolute atomic E-state index is 12.1. The van der Waals surface area contributed by atoms with E-state index >= 15 is 0 Å². The lowest BCUT2D eigenvalue weighted by atomic mass is 10.1. The van der Waals surface area contributed by atoms with Crippen LogP contribution in [0, 0.1) is 0 Å². The molecule has 1 fully saturated rings. The molecule has 0 bridgehead atoms. The van der Waals surface area contributed by atoms with Gasteiger partial charge in [0.1, 0.15) is 0 Å². The van der Waals surface area contributed by atoms with E-state index in [1.54, 1.807) is 24.3 Å². The van der Waals surface area contributed by atoms with E-state index in [1.807, 2.05) is 7.05 Å². The molecule has 5 nitrogen and oxygen atoms in total. The van der Waals surface area contributed by atoms with Gasteiger partial charge in [0, 0.05) is 30.3 Å². The van der Waals surface area contributed by atoms with Gasteiger partial charge < -0.3 is 16.0 Å². The molecule has 0 radical (unpaired) electrons. The van der Waals surface area contributed by atoms with E-state index in [4.69, 9.17) is 0 Å². The van der Waals surface area contributed by atoms with E-state index in [1.165, 1.54) is 12.8 Å². The van der Waals surface area contributed by atoms with E-state index in [9.17, 15) is 9.59 Å². The number of anilines is 1. The van der Waals surface area contributed by atoms with Gasteiger partial charge in [0.05, 0.1) is 0 Å². The van der Waals surface area contributed by atoms with Crippen molar-refractivity contribution in [2.45, 2.75) is 38.1 Å². The average Bonchev–Trinajstić information content (AvgIpc) is 2.98. The molecule has 6 heteroatoms. The number of benzene rings is 1. The Morgan fingerprint density at radius 2 is 1.77 bits per heavy atom. The van der Waals surface area contributed by atoms with Crippen LogP contribution in [0.2, 0.25) is 0 Å². The van der Waals surface area contributed by atoms with Gasteiger partial charge in [0.25, 0.3) is 5.91 Å². The van der Waals surface area contributed by atoms with Gasteiger partial charge in [-0.1, -0.05) is 12.8 Å². The van der Waals surface area contributed by atoms with Gasteiger partial charge >= 0.3 is 0 Å². The maximum Gasteiger partial charge on any atom is 0.251 e. The first-order valence-electron chi connectivity index (χ1n) is 7.54. The SMILES string of the molecule is CNCCC(=O)Nc1ccc(C(=O)NC2CCCC2)cc1.Cl. The molecule has 22 heavy (non-hydrogen) atoms. The van der Waals surface area contributed by atoms with Crippen LogP contribution in [0.5, 0.6) is 0 Å². The van der Waals surface area contributed by atoms with Crippen LogP contribution in [0.25, 0.3) is 0 Å². The predicted molar refractivity (Wildman–Crippen MR) is 90.6 cm³/mol. The molecular formula is C16H24ClN3O2. The standard InChI is InChI=1S/C16H23N3O2.ClH/c1-17-11-10-15(20)18-14-8-6-12(7-9-14)16(21)19-13-4-2-3-5-13;/h6-9,13,17H,2-5,10-11H2,1H3,(H,18,20)(H,19,21);1H. The van der Waals surface area contributed by atoms with Crippen LogP contribution >= 0.6 is 12.4 Å². The van der Waals surface area contributed by atoms with Crippen LogP contribution in [0.4, 0.5) is 5.69 Å². The summed E-state index contributed by atoms with van der Waals surface area (Å²) in [5.41, 5.74) is 1.35. The van der Waals surface area contributed by atoms with Crippen LogP contribution in [-0.4, -0.2) is 31.4 Å². The van der Waals surface area contributed by atoms with Crippen LogP contribution in [-0.2, 0) is 4.79 Å². The predicted octanol–water partition coefficient (Wildman–Crippen LogP) is 2.33. The van der Waals surface area contributed by atoms with Gasteiger partial charge in [-0.15, -0.1) is 12.4 Å². The molecule has 0 unspecified atom stereocenters. The number of amides is 2. The Morgan fingerprint density at radius 1 is 1.14 bits per heavy atom. The van der Waals surface area contributed by atoms with Gasteiger partial charge in [0.15, 0.2) is 0 Å². The minimum absolute atomic E-state index is 0. The summed E-state index contributed by atoms with van der Waals surface area (Å²) in [6.45, 7) is 0.647. The molecule has 0 saturated heterocycles. The highest BCUT2D eigenvalue weighted by molar-refractivity contribution is 5.96. The van der Waals surface area contributed by atoms with Crippen molar-refractivity contribution in [3.8, 4) is 0 Å². The monoisotopic (exact) mass is 325 g/mol. The summed E-state index contributed by atoms with van der Waals surface area (Å²) >= 11 is 0. The smallest absolute Gasteiger partial charge is 0.251 e. The number of hydrogen-bond acceptors (Lipinski definition) is 3. The minimum Gasteiger partial charge on any atom is -0.349 e. The zero-order chi connectivity index (χ0) is 15.1. The van der Waals surface area contributed by atoms with E-state index in [2.05, 4.69) is 16.0 Å². The van der Waals surface area contributed by atoms with Gasteiger partial charge in [0.2, 0.25) is 5.91 Å². The quantitative estimate of drug-likeness (QED) is 0.752. The molecule has 1 aromatic carbocycles. The van der Waals surface area contributed by atoms with Crippen LogP contribution in [0.3, 0.4) is 0 Å². The van der Waals surface area contributed by atoms with Crippen molar-refractivity contribution in [3.05, 3.63) is 29.8 Å². The Kier molecular flexibility index (Phi) is 7.91. The third-order valence-corrected chi connectivity index (χ3v) is 3.72. The zero-order valence-corrected chi connectivity index (χ0v) is 13.7. The Labute approximate surface area is 137 Å². The summed E-state index contributed by atoms with van der Waals surface area (Å²) in [5.74, 6) is -0.0672. The second kappa shape index (κ2) is 9.43. The van der Waals surface area contributed by atoms with E-state index in [0.717, 1.165) is 12.8 Å². The summed E-state index contributed by atoms with van der Waals surface area (Å²) in [5, 5.41) is 8.78. The first kappa shape index (κ1) is 18.5. The van der Waals surface area contributed by atoms with Gasteiger partial charge in [-0.25, -0.2) is 0 Å². The van der Waals surface area contributed by atoms with Crippen molar-refractivity contribution in [2.24, 2.45) is 0 Å². The topological polar surface area (TPSA) is 70.2 Å². The summed E-state index contributed by atoms with van der Waals surface area (Å²) in [4.78, 5) is 23.7. The van der Waals surface area contributed by atoms with Crippen molar-refractivity contribution in [2.75, 3.05) is 18.9 Å². The Hall–Kier alpha value is -1.59. The third-order valence-electron chi connectivity index (χ3n) is 3.72. The molecule has 0 spiro atoms. The second-order valence-electron chi connectivity index (χ2n) is 5.43. The fraction of sp³-hybridized carbons (Fsp3) is 0.500. The summed E-state index contributed by atoms with van der Waals surface area (Å²) in [7, 11) is 1.81. The molecule has 1 aliphatic carbocycles. The molecular weight excluding hydrogens is 302 g/mol. The third kappa shape index (κ3) is 5.66. The van der Waals surface area contributed by atoms with Crippen LogP contribution in [0.1, 0.15) is 42.5 Å². The number of rotatable bonds is 6. The highest BCUT2D eigenvalue weighted by Gasteiger charge is 2.17. The van der Waals surface area contributed by atoms with Crippen molar-refractivity contribution in [3.63, 3.8) is 0 Å². The zero-order valence-electron chi connectivity index (χ0n) is 12.9. The molecule has 3 N–H and O–H groups in total. The lowest BCUT2D eigenvalue weighted by Gasteiger charge is -2.12. The number of carbonyl (C=O) groups is 2. The molecule has 1 aliphatic rings.